The van der Waals surface area contributed by atoms with Gasteiger partial charge in [0.25, 0.3) is 0 Å². The van der Waals surface area contributed by atoms with Crippen LogP contribution >= 0.6 is 0 Å². The first-order valence-electron chi connectivity index (χ1n) is 6.44. The molecular formula is C13H27N. The molecule has 0 aromatic rings. The van der Waals surface area contributed by atoms with Crippen molar-refractivity contribution in [2.45, 2.75) is 59.4 Å². The van der Waals surface area contributed by atoms with Crippen LogP contribution in [0, 0.1) is 17.8 Å². The zero-order valence-corrected chi connectivity index (χ0v) is 10.3. The Bertz CT molecular complexity index is 153. The van der Waals surface area contributed by atoms with Crippen molar-refractivity contribution in [3.05, 3.63) is 0 Å². The maximum Gasteiger partial charge on any atom is 0.0121 e. The molecule has 1 rings (SSSR count). The van der Waals surface area contributed by atoms with Crippen LogP contribution in [-0.4, -0.2) is 12.6 Å². The third kappa shape index (κ3) is 2.73. The highest BCUT2D eigenvalue weighted by atomic mass is 14.9. The van der Waals surface area contributed by atoms with Crippen molar-refractivity contribution < 1.29 is 0 Å². The molecule has 14 heavy (non-hydrogen) atoms. The maximum atomic E-state index is 3.69. The standard InChI is InChI=1S/C13H27N/c1-5-11-8-7-9-12(11)13(10(3)4)14-6-2/h10-14H,5-9H2,1-4H3. The quantitative estimate of drug-likeness (QED) is 0.712. The van der Waals surface area contributed by atoms with E-state index < -0.39 is 0 Å². The van der Waals surface area contributed by atoms with Crippen LogP contribution in [0.1, 0.15) is 53.4 Å². The van der Waals surface area contributed by atoms with E-state index in [1.165, 1.54) is 25.7 Å². The molecule has 0 heterocycles. The average Bonchev–Trinajstić information content (AvgIpc) is 2.61. The van der Waals surface area contributed by atoms with E-state index in [1.54, 1.807) is 0 Å². The Morgan fingerprint density at radius 2 is 1.93 bits per heavy atom. The van der Waals surface area contributed by atoms with E-state index in [9.17, 15) is 0 Å². The summed E-state index contributed by atoms with van der Waals surface area (Å²) >= 11 is 0. The minimum absolute atomic E-state index is 0.757. The molecule has 1 fully saturated rings. The van der Waals surface area contributed by atoms with E-state index in [4.69, 9.17) is 0 Å². The van der Waals surface area contributed by atoms with Crippen molar-refractivity contribution in [1.82, 2.24) is 5.32 Å². The number of hydrogen-bond donors (Lipinski definition) is 1. The lowest BCUT2D eigenvalue weighted by Gasteiger charge is -2.32. The van der Waals surface area contributed by atoms with Crippen molar-refractivity contribution in [3.63, 3.8) is 0 Å². The van der Waals surface area contributed by atoms with Gasteiger partial charge in [-0.1, -0.05) is 47.0 Å². The van der Waals surface area contributed by atoms with Gasteiger partial charge < -0.3 is 5.32 Å². The third-order valence-electron chi connectivity index (χ3n) is 3.86. The highest BCUT2D eigenvalue weighted by molar-refractivity contribution is 4.87. The lowest BCUT2D eigenvalue weighted by atomic mass is 9.82. The average molecular weight is 197 g/mol. The molecule has 0 radical (unpaired) electrons. The molecule has 1 N–H and O–H groups in total. The molecule has 0 amide bonds. The molecule has 1 aliphatic rings. The van der Waals surface area contributed by atoms with Crippen LogP contribution in [0.3, 0.4) is 0 Å². The second-order valence-electron chi connectivity index (χ2n) is 5.09. The summed E-state index contributed by atoms with van der Waals surface area (Å²) in [6.07, 6.45) is 5.75. The summed E-state index contributed by atoms with van der Waals surface area (Å²) in [4.78, 5) is 0. The van der Waals surface area contributed by atoms with Crippen LogP contribution in [0.2, 0.25) is 0 Å². The smallest absolute Gasteiger partial charge is 0.0121 e. The molecule has 0 aliphatic heterocycles. The van der Waals surface area contributed by atoms with Crippen molar-refractivity contribution in [1.29, 1.82) is 0 Å². The number of nitrogens with one attached hydrogen (secondary N) is 1. The van der Waals surface area contributed by atoms with Gasteiger partial charge in [0.05, 0.1) is 0 Å². The highest BCUT2D eigenvalue weighted by Gasteiger charge is 2.33. The minimum atomic E-state index is 0.757. The Morgan fingerprint density at radius 3 is 2.43 bits per heavy atom. The summed E-state index contributed by atoms with van der Waals surface area (Å²) < 4.78 is 0. The predicted molar refractivity (Wildman–Crippen MR) is 63.4 cm³/mol. The topological polar surface area (TPSA) is 12.0 Å². The first-order valence-corrected chi connectivity index (χ1v) is 6.44. The predicted octanol–water partition coefficient (Wildman–Crippen LogP) is 3.45. The lowest BCUT2D eigenvalue weighted by molar-refractivity contribution is 0.230. The normalized spacial score (nSPS) is 29.8. The third-order valence-corrected chi connectivity index (χ3v) is 3.86. The summed E-state index contributed by atoms with van der Waals surface area (Å²) in [5.41, 5.74) is 0. The summed E-state index contributed by atoms with van der Waals surface area (Å²) in [6.45, 7) is 10.4. The summed E-state index contributed by atoms with van der Waals surface area (Å²) in [7, 11) is 0. The molecule has 1 saturated carbocycles. The summed E-state index contributed by atoms with van der Waals surface area (Å²) in [5, 5.41) is 3.69. The second-order valence-corrected chi connectivity index (χ2v) is 5.09. The highest BCUT2D eigenvalue weighted by Crippen LogP contribution is 2.38. The molecular weight excluding hydrogens is 170 g/mol. The Morgan fingerprint density at radius 1 is 1.21 bits per heavy atom. The van der Waals surface area contributed by atoms with E-state index in [0.29, 0.717) is 0 Å². The zero-order chi connectivity index (χ0) is 10.6. The molecule has 1 nitrogen and oxygen atoms in total. The van der Waals surface area contributed by atoms with Gasteiger partial charge >= 0.3 is 0 Å². The zero-order valence-electron chi connectivity index (χ0n) is 10.3. The fraction of sp³-hybridized carbons (Fsp3) is 1.00. The molecule has 0 aromatic carbocycles. The van der Waals surface area contributed by atoms with Gasteiger partial charge in [0.2, 0.25) is 0 Å². The largest absolute Gasteiger partial charge is 0.314 e. The number of hydrogen-bond acceptors (Lipinski definition) is 1. The van der Waals surface area contributed by atoms with Gasteiger partial charge in [-0.2, -0.15) is 0 Å². The van der Waals surface area contributed by atoms with E-state index in [0.717, 1.165) is 30.3 Å². The van der Waals surface area contributed by atoms with Crippen molar-refractivity contribution in [3.8, 4) is 0 Å². The van der Waals surface area contributed by atoms with Crippen molar-refractivity contribution in [2.75, 3.05) is 6.54 Å². The van der Waals surface area contributed by atoms with E-state index >= 15 is 0 Å². The minimum Gasteiger partial charge on any atom is -0.314 e. The van der Waals surface area contributed by atoms with Crippen molar-refractivity contribution >= 4 is 0 Å². The van der Waals surface area contributed by atoms with E-state index in [2.05, 4.69) is 33.0 Å². The molecule has 0 saturated heterocycles. The van der Waals surface area contributed by atoms with Crippen LogP contribution in [-0.2, 0) is 0 Å². The van der Waals surface area contributed by atoms with Gasteiger partial charge in [-0.05, 0) is 30.7 Å². The fourth-order valence-electron chi connectivity index (χ4n) is 3.16. The molecule has 3 atom stereocenters. The molecule has 0 spiro atoms. The fourth-order valence-corrected chi connectivity index (χ4v) is 3.16. The molecule has 1 aliphatic carbocycles. The first-order chi connectivity index (χ1) is 6.70. The van der Waals surface area contributed by atoms with Gasteiger partial charge in [0.1, 0.15) is 0 Å². The number of rotatable bonds is 5. The summed E-state index contributed by atoms with van der Waals surface area (Å²) in [5.74, 6) is 2.72. The molecule has 3 unspecified atom stereocenters. The van der Waals surface area contributed by atoms with E-state index in [1.807, 2.05) is 0 Å². The monoisotopic (exact) mass is 197 g/mol. The lowest BCUT2D eigenvalue weighted by Crippen LogP contribution is -2.41. The molecule has 84 valence electrons. The van der Waals surface area contributed by atoms with Gasteiger partial charge in [-0.25, -0.2) is 0 Å². The Hall–Kier alpha value is -0.0400. The summed E-state index contributed by atoms with van der Waals surface area (Å²) in [6, 6.07) is 0.757. The van der Waals surface area contributed by atoms with Gasteiger partial charge in [0, 0.05) is 6.04 Å². The Labute approximate surface area is 89.7 Å². The Kier molecular flexibility index (Phi) is 4.94. The van der Waals surface area contributed by atoms with Gasteiger partial charge in [-0.15, -0.1) is 0 Å². The van der Waals surface area contributed by atoms with Crippen molar-refractivity contribution in [2.24, 2.45) is 17.8 Å². The molecule has 1 heteroatoms. The van der Waals surface area contributed by atoms with E-state index in [-0.39, 0.29) is 0 Å². The maximum absolute atomic E-state index is 3.69. The van der Waals surface area contributed by atoms with Crippen LogP contribution in [0.15, 0.2) is 0 Å². The first kappa shape index (κ1) is 12.0. The van der Waals surface area contributed by atoms with Crippen LogP contribution in [0.25, 0.3) is 0 Å². The second kappa shape index (κ2) is 5.75. The molecule has 0 bridgehead atoms. The van der Waals surface area contributed by atoms with Crippen LogP contribution in [0.5, 0.6) is 0 Å². The molecule has 0 aromatic heterocycles. The van der Waals surface area contributed by atoms with Crippen LogP contribution in [0.4, 0.5) is 0 Å². The SMILES string of the molecule is CCNC(C(C)C)C1CCCC1CC. The Balaban J connectivity index is 2.57. The van der Waals surface area contributed by atoms with Gasteiger partial charge in [-0.3, -0.25) is 0 Å². The van der Waals surface area contributed by atoms with Crippen LogP contribution < -0.4 is 5.32 Å². The van der Waals surface area contributed by atoms with Gasteiger partial charge in [0.15, 0.2) is 0 Å².